The monoisotopic (exact) mass is 333 g/mol. The minimum Gasteiger partial charge on any atom is -0.301 e. The fourth-order valence-corrected chi connectivity index (χ4v) is 3.89. The maximum atomic E-state index is 11.9. The molecule has 2 aromatic heterocycles. The molecule has 2 aromatic rings. The average molecular weight is 333 g/mol. The van der Waals surface area contributed by atoms with E-state index in [0.29, 0.717) is 6.42 Å². The van der Waals surface area contributed by atoms with Crippen LogP contribution >= 0.6 is 22.7 Å². The van der Waals surface area contributed by atoms with Gasteiger partial charge >= 0.3 is 0 Å². The van der Waals surface area contributed by atoms with E-state index in [1.165, 1.54) is 18.3 Å². The van der Waals surface area contributed by atoms with Gasteiger partial charge < -0.3 is 5.32 Å². The van der Waals surface area contributed by atoms with Crippen LogP contribution in [-0.2, 0) is 21.2 Å². The van der Waals surface area contributed by atoms with Gasteiger partial charge in [-0.25, -0.2) is 18.1 Å². The molecule has 20 heavy (non-hydrogen) atoms. The highest BCUT2D eigenvalue weighted by Gasteiger charge is 2.20. The van der Waals surface area contributed by atoms with Gasteiger partial charge in [0.05, 0.1) is 5.01 Å². The summed E-state index contributed by atoms with van der Waals surface area (Å²) in [5.41, 5.74) is 0. The van der Waals surface area contributed by atoms with Crippen LogP contribution in [0.4, 0.5) is 5.13 Å². The molecule has 0 saturated carbocycles. The first-order valence-electron chi connectivity index (χ1n) is 5.46. The van der Waals surface area contributed by atoms with E-state index in [2.05, 4.69) is 25.2 Å². The van der Waals surface area contributed by atoms with E-state index >= 15 is 0 Å². The largest absolute Gasteiger partial charge is 0.301 e. The minimum absolute atomic E-state index is 0.151. The van der Waals surface area contributed by atoms with Gasteiger partial charge in [-0.3, -0.25) is 4.79 Å². The van der Waals surface area contributed by atoms with Crippen molar-refractivity contribution < 1.29 is 13.2 Å². The van der Waals surface area contributed by atoms with Gasteiger partial charge in [0.25, 0.3) is 10.0 Å². The van der Waals surface area contributed by atoms with E-state index in [0.717, 1.165) is 16.3 Å². The van der Waals surface area contributed by atoms with Crippen molar-refractivity contribution in [2.75, 3.05) is 11.9 Å². The molecule has 2 heterocycles. The Hall–Kier alpha value is -1.43. The molecule has 8 nitrogen and oxygen atoms in total. The lowest BCUT2D eigenvalue weighted by Gasteiger charge is -2.01. The predicted molar refractivity (Wildman–Crippen MR) is 75.2 cm³/mol. The van der Waals surface area contributed by atoms with Crippen molar-refractivity contribution in [1.82, 2.24) is 19.9 Å². The standard InChI is InChI=1S/C9H11N5O3S3/c1-6(15)12-8-13-14-9(19-8)20(16,17)11-3-2-7-10-4-5-18-7/h4-5,11H,2-3H2,1H3,(H,12,13,15). The summed E-state index contributed by atoms with van der Waals surface area (Å²) in [6, 6.07) is 0. The van der Waals surface area contributed by atoms with Crippen LogP contribution in [-0.4, -0.2) is 36.1 Å². The van der Waals surface area contributed by atoms with Crippen LogP contribution in [0.1, 0.15) is 11.9 Å². The number of carbonyl (C=O) groups is 1. The first-order chi connectivity index (χ1) is 9.47. The van der Waals surface area contributed by atoms with E-state index < -0.39 is 10.0 Å². The Labute approximate surface area is 123 Å². The molecule has 0 atom stereocenters. The van der Waals surface area contributed by atoms with Crippen molar-refractivity contribution in [2.24, 2.45) is 0 Å². The number of sulfonamides is 1. The molecule has 0 aliphatic heterocycles. The van der Waals surface area contributed by atoms with Crippen LogP contribution < -0.4 is 10.0 Å². The first-order valence-corrected chi connectivity index (χ1v) is 8.64. The lowest BCUT2D eigenvalue weighted by molar-refractivity contribution is -0.114. The molecule has 2 rings (SSSR count). The second-order valence-electron chi connectivity index (χ2n) is 3.63. The summed E-state index contributed by atoms with van der Waals surface area (Å²) in [7, 11) is -3.71. The van der Waals surface area contributed by atoms with Gasteiger partial charge in [0, 0.05) is 31.5 Å². The maximum absolute atomic E-state index is 11.9. The molecule has 0 aromatic carbocycles. The molecule has 0 saturated heterocycles. The van der Waals surface area contributed by atoms with Crippen LogP contribution in [0.25, 0.3) is 0 Å². The van der Waals surface area contributed by atoms with Gasteiger partial charge in [0.15, 0.2) is 0 Å². The molecule has 0 radical (unpaired) electrons. The third-order valence-corrected chi connectivity index (χ3v) is 5.54. The summed E-state index contributed by atoms with van der Waals surface area (Å²) in [5.74, 6) is -0.332. The number of aromatic nitrogens is 3. The second kappa shape index (κ2) is 6.35. The van der Waals surface area contributed by atoms with E-state index in [9.17, 15) is 13.2 Å². The van der Waals surface area contributed by atoms with Crippen molar-refractivity contribution in [3.8, 4) is 0 Å². The third kappa shape index (κ3) is 4.03. The Morgan fingerprint density at radius 2 is 2.20 bits per heavy atom. The van der Waals surface area contributed by atoms with Crippen molar-refractivity contribution in [3.05, 3.63) is 16.6 Å². The van der Waals surface area contributed by atoms with Gasteiger partial charge in [-0.2, -0.15) is 0 Å². The van der Waals surface area contributed by atoms with Crippen LogP contribution in [0, 0.1) is 0 Å². The van der Waals surface area contributed by atoms with E-state index in [-0.39, 0.29) is 21.9 Å². The zero-order valence-corrected chi connectivity index (χ0v) is 12.8. The molecule has 0 spiro atoms. The highest BCUT2D eigenvalue weighted by Crippen LogP contribution is 2.19. The van der Waals surface area contributed by atoms with Gasteiger partial charge in [-0.15, -0.1) is 21.5 Å². The van der Waals surface area contributed by atoms with Crippen LogP contribution in [0.5, 0.6) is 0 Å². The Morgan fingerprint density at radius 3 is 2.85 bits per heavy atom. The van der Waals surface area contributed by atoms with Crippen LogP contribution in [0.2, 0.25) is 0 Å². The number of rotatable bonds is 6. The molecule has 11 heteroatoms. The lowest BCUT2D eigenvalue weighted by atomic mass is 10.5. The number of anilines is 1. The van der Waals surface area contributed by atoms with Crippen LogP contribution in [0.3, 0.4) is 0 Å². The van der Waals surface area contributed by atoms with E-state index in [1.807, 2.05) is 5.38 Å². The smallest absolute Gasteiger partial charge is 0.269 e. The zero-order chi connectivity index (χ0) is 14.6. The topological polar surface area (TPSA) is 114 Å². The Morgan fingerprint density at radius 1 is 1.40 bits per heavy atom. The average Bonchev–Trinajstić information content (AvgIpc) is 2.99. The van der Waals surface area contributed by atoms with Crippen molar-refractivity contribution >= 4 is 43.7 Å². The number of nitrogens with zero attached hydrogens (tertiary/aromatic N) is 3. The lowest BCUT2D eigenvalue weighted by Crippen LogP contribution is -2.25. The quantitative estimate of drug-likeness (QED) is 0.743. The minimum atomic E-state index is -3.71. The third-order valence-electron chi connectivity index (χ3n) is 2.03. The molecule has 0 fully saturated rings. The first kappa shape index (κ1) is 15.0. The van der Waals surface area contributed by atoms with E-state index in [1.54, 1.807) is 6.20 Å². The number of carbonyl (C=O) groups excluding carboxylic acids is 1. The normalized spacial score (nSPS) is 11.4. The summed E-state index contributed by atoms with van der Waals surface area (Å²) < 4.78 is 26.1. The Balaban J connectivity index is 1.95. The molecule has 0 bridgehead atoms. The number of amides is 1. The number of thiazole rings is 1. The number of hydrogen-bond donors (Lipinski definition) is 2. The summed E-state index contributed by atoms with van der Waals surface area (Å²) in [6.07, 6.45) is 2.17. The highest BCUT2D eigenvalue weighted by molar-refractivity contribution is 7.91. The summed E-state index contributed by atoms with van der Waals surface area (Å²) in [4.78, 5) is 14.9. The SMILES string of the molecule is CC(=O)Nc1nnc(S(=O)(=O)NCCc2nccs2)s1. The molecule has 0 aliphatic carbocycles. The van der Waals surface area contributed by atoms with Crippen molar-refractivity contribution in [1.29, 1.82) is 0 Å². The molecular weight excluding hydrogens is 322 g/mol. The summed E-state index contributed by atoms with van der Waals surface area (Å²) in [5, 5.41) is 12.3. The fraction of sp³-hybridized carbons (Fsp3) is 0.333. The van der Waals surface area contributed by atoms with Gasteiger partial charge in [-0.1, -0.05) is 11.3 Å². The Kier molecular flexibility index (Phi) is 4.75. The number of hydrogen-bond acceptors (Lipinski definition) is 8. The summed E-state index contributed by atoms with van der Waals surface area (Å²) >= 11 is 2.26. The molecule has 1 amide bonds. The van der Waals surface area contributed by atoms with Gasteiger partial charge in [0.2, 0.25) is 15.4 Å². The Bertz CT molecular complexity index is 680. The molecule has 0 aliphatic rings. The fourth-order valence-electron chi connectivity index (χ4n) is 1.25. The summed E-state index contributed by atoms with van der Waals surface area (Å²) in [6.45, 7) is 1.53. The van der Waals surface area contributed by atoms with Crippen molar-refractivity contribution in [2.45, 2.75) is 17.7 Å². The predicted octanol–water partition coefficient (Wildman–Crippen LogP) is 0.474. The second-order valence-corrected chi connectivity index (χ2v) is 7.53. The maximum Gasteiger partial charge on any atom is 0.269 e. The van der Waals surface area contributed by atoms with Crippen molar-refractivity contribution in [3.63, 3.8) is 0 Å². The molecule has 2 N–H and O–H groups in total. The molecule has 0 unspecified atom stereocenters. The number of nitrogens with one attached hydrogen (secondary N) is 2. The van der Waals surface area contributed by atoms with Gasteiger partial charge in [0.1, 0.15) is 0 Å². The van der Waals surface area contributed by atoms with E-state index in [4.69, 9.17) is 0 Å². The highest BCUT2D eigenvalue weighted by atomic mass is 32.2. The van der Waals surface area contributed by atoms with Gasteiger partial charge in [-0.05, 0) is 0 Å². The molecule has 108 valence electrons. The molecular formula is C9H11N5O3S3. The van der Waals surface area contributed by atoms with Crippen LogP contribution in [0.15, 0.2) is 15.9 Å². The zero-order valence-electron chi connectivity index (χ0n) is 10.4.